The first kappa shape index (κ1) is 21.9. The normalized spacial score (nSPS) is 10.8. The summed E-state index contributed by atoms with van der Waals surface area (Å²) in [5.74, 6) is 0.208. The number of carbonyl (C=O) groups excluding carboxylic acids is 1. The van der Waals surface area contributed by atoms with Crippen molar-refractivity contribution in [1.82, 2.24) is 0 Å². The highest BCUT2D eigenvalue weighted by Crippen LogP contribution is 2.35. The number of allylic oxidation sites excluding steroid dienone is 1. The second kappa shape index (κ2) is 10.2. The fraction of sp³-hybridized carbons (Fsp3) is 0.200. The van der Waals surface area contributed by atoms with Crippen LogP contribution in [0.2, 0.25) is 0 Å². The minimum Gasteiger partial charge on any atom is -0.490 e. The van der Waals surface area contributed by atoms with Crippen molar-refractivity contribution in [2.24, 2.45) is 0 Å². The average Bonchev–Trinajstić information content (AvgIpc) is 2.72. The lowest BCUT2D eigenvalue weighted by Crippen LogP contribution is -2.13. The molecule has 0 unspecified atom stereocenters. The zero-order valence-corrected chi connectivity index (χ0v) is 17.3. The summed E-state index contributed by atoms with van der Waals surface area (Å²) < 4.78 is 16.2. The van der Waals surface area contributed by atoms with Gasteiger partial charge in [-0.3, -0.25) is 10.1 Å². The summed E-state index contributed by atoms with van der Waals surface area (Å²) in [5.41, 5.74) is 1.42. The number of hydrogen-bond donors (Lipinski definition) is 0. The van der Waals surface area contributed by atoms with Crippen molar-refractivity contribution in [2.75, 3.05) is 20.3 Å². The number of non-ortho nitro benzene ring substituents is 1. The van der Waals surface area contributed by atoms with E-state index in [1.807, 2.05) is 0 Å². The maximum Gasteiger partial charge on any atom is 0.343 e. The molecule has 0 aliphatic rings. The number of halogens is 1. The van der Waals surface area contributed by atoms with E-state index in [1.54, 1.807) is 25.1 Å². The molecule has 0 bridgehead atoms. The zero-order chi connectivity index (χ0) is 21.4. The van der Waals surface area contributed by atoms with E-state index in [9.17, 15) is 20.2 Å². The van der Waals surface area contributed by atoms with E-state index >= 15 is 0 Å². The molecule has 8 nitrogen and oxygen atoms in total. The number of rotatable bonds is 8. The molecule has 0 aliphatic heterocycles. The van der Waals surface area contributed by atoms with Crippen molar-refractivity contribution in [2.45, 2.75) is 6.92 Å². The van der Waals surface area contributed by atoms with Crippen molar-refractivity contribution >= 4 is 39.2 Å². The molecule has 9 heteroatoms. The fourth-order valence-corrected chi connectivity index (χ4v) is 2.77. The van der Waals surface area contributed by atoms with Gasteiger partial charge < -0.3 is 14.2 Å². The van der Waals surface area contributed by atoms with Crippen molar-refractivity contribution in [3.63, 3.8) is 0 Å². The van der Waals surface area contributed by atoms with Crippen LogP contribution in [0.4, 0.5) is 5.69 Å². The van der Waals surface area contributed by atoms with Crippen LogP contribution in [-0.2, 0) is 9.53 Å². The van der Waals surface area contributed by atoms with Crippen LogP contribution in [0.25, 0.3) is 11.6 Å². The van der Waals surface area contributed by atoms with Gasteiger partial charge in [0.15, 0.2) is 18.1 Å². The molecule has 150 valence electrons. The summed E-state index contributed by atoms with van der Waals surface area (Å²) in [5, 5.41) is 20.3. The maximum atomic E-state index is 11.3. The van der Waals surface area contributed by atoms with E-state index in [4.69, 9.17) is 9.47 Å². The smallest absolute Gasteiger partial charge is 0.343 e. The van der Waals surface area contributed by atoms with Crippen LogP contribution >= 0.6 is 15.9 Å². The zero-order valence-electron chi connectivity index (χ0n) is 15.7. The Bertz CT molecular complexity index is 980. The van der Waals surface area contributed by atoms with Crippen LogP contribution in [-0.4, -0.2) is 31.2 Å². The second-order valence-electron chi connectivity index (χ2n) is 5.59. The van der Waals surface area contributed by atoms with Gasteiger partial charge in [-0.05, 0) is 48.4 Å². The molecule has 0 saturated heterocycles. The van der Waals surface area contributed by atoms with E-state index in [1.165, 1.54) is 31.4 Å². The molecule has 0 heterocycles. The molecule has 0 fully saturated rings. The van der Waals surface area contributed by atoms with E-state index in [2.05, 4.69) is 26.7 Å². The molecule has 0 aromatic heterocycles. The number of nitriles is 1. The minimum atomic E-state index is -0.530. The van der Waals surface area contributed by atoms with Gasteiger partial charge in [0.25, 0.3) is 5.69 Å². The van der Waals surface area contributed by atoms with Crippen LogP contribution < -0.4 is 9.47 Å². The predicted molar refractivity (Wildman–Crippen MR) is 109 cm³/mol. The van der Waals surface area contributed by atoms with Gasteiger partial charge in [-0.2, -0.15) is 5.26 Å². The quantitative estimate of drug-likeness (QED) is 0.189. The molecular weight excluding hydrogens is 444 g/mol. The highest BCUT2D eigenvalue weighted by atomic mass is 79.9. The molecule has 0 atom stereocenters. The van der Waals surface area contributed by atoms with Gasteiger partial charge in [-0.15, -0.1) is 0 Å². The van der Waals surface area contributed by atoms with E-state index in [0.717, 1.165) is 0 Å². The van der Waals surface area contributed by atoms with Crippen molar-refractivity contribution in [1.29, 1.82) is 5.26 Å². The van der Waals surface area contributed by atoms with Gasteiger partial charge in [0.1, 0.15) is 0 Å². The number of nitro benzene ring substituents is 1. The van der Waals surface area contributed by atoms with Crippen LogP contribution in [0.3, 0.4) is 0 Å². The topological polar surface area (TPSA) is 112 Å². The molecule has 0 N–H and O–H groups in total. The van der Waals surface area contributed by atoms with Crippen molar-refractivity contribution < 1.29 is 23.9 Å². The van der Waals surface area contributed by atoms with Gasteiger partial charge >= 0.3 is 5.97 Å². The van der Waals surface area contributed by atoms with Gasteiger partial charge in [0.05, 0.1) is 30.3 Å². The number of carbonyl (C=O) groups is 1. The van der Waals surface area contributed by atoms with Gasteiger partial charge in [0.2, 0.25) is 0 Å². The Morgan fingerprint density at radius 1 is 1.24 bits per heavy atom. The average molecular weight is 461 g/mol. The molecule has 0 radical (unpaired) electrons. The largest absolute Gasteiger partial charge is 0.490 e. The Kier molecular flexibility index (Phi) is 7.74. The van der Waals surface area contributed by atoms with Crippen LogP contribution in [0.1, 0.15) is 18.1 Å². The van der Waals surface area contributed by atoms with Gasteiger partial charge in [-0.1, -0.05) is 15.9 Å². The molecular formula is C20H17BrN2O6. The molecule has 0 spiro atoms. The van der Waals surface area contributed by atoms with Crippen LogP contribution in [0.15, 0.2) is 40.9 Å². The molecule has 2 aromatic carbocycles. The SMILES string of the molecule is CCOc1cc(/C=C(/C#N)c2ccc([N+](=O)[O-])cc2)c(Br)cc1OCC(=O)OC. The lowest BCUT2D eigenvalue weighted by Gasteiger charge is -2.13. The summed E-state index contributed by atoms with van der Waals surface area (Å²) in [6.45, 7) is 1.90. The Balaban J connectivity index is 2.41. The number of benzene rings is 2. The number of methoxy groups -OCH3 is 1. The van der Waals surface area contributed by atoms with Gasteiger partial charge in [-0.25, -0.2) is 4.79 Å². The Morgan fingerprint density at radius 3 is 2.45 bits per heavy atom. The first-order chi connectivity index (χ1) is 13.9. The lowest BCUT2D eigenvalue weighted by atomic mass is 10.0. The number of nitro groups is 1. The summed E-state index contributed by atoms with van der Waals surface area (Å²) in [6.07, 6.45) is 1.62. The summed E-state index contributed by atoms with van der Waals surface area (Å²) >= 11 is 3.42. The first-order valence-corrected chi connectivity index (χ1v) is 9.21. The third kappa shape index (κ3) is 5.80. The molecule has 0 aliphatic carbocycles. The summed E-state index contributed by atoms with van der Waals surface area (Å²) in [6, 6.07) is 11.1. The molecule has 0 saturated carbocycles. The third-order valence-corrected chi connectivity index (χ3v) is 4.43. The highest BCUT2D eigenvalue weighted by molar-refractivity contribution is 9.10. The molecule has 2 rings (SSSR count). The minimum absolute atomic E-state index is 0.0574. The summed E-state index contributed by atoms with van der Waals surface area (Å²) in [4.78, 5) is 21.6. The number of esters is 1. The standard InChI is InChI=1S/C20H17BrN2O6/c1-3-28-18-9-14(17(21)10-19(18)29-12-20(24)27-2)8-15(11-22)13-4-6-16(7-5-13)23(25)26/h4-10H,3,12H2,1-2H3/b15-8-. The van der Waals surface area contributed by atoms with Crippen molar-refractivity contribution in [3.8, 4) is 17.6 Å². The van der Waals surface area contributed by atoms with Crippen LogP contribution in [0.5, 0.6) is 11.5 Å². The number of nitrogens with zero attached hydrogens (tertiary/aromatic N) is 2. The molecule has 0 amide bonds. The fourth-order valence-electron chi connectivity index (χ4n) is 2.34. The second-order valence-corrected chi connectivity index (χ2v) is 6.45. The Labute approximate surface area is 175 Å². The maximum absolute atomic E-state index is 11.3. The van der Waals surface area contributed by atoms with E-state index in [-0.39, 0.29) is 12.3 Å². The van der Waals surface area contributed by atoms with Crippen molar-refractivity contribution in [3.05, 3.63) is 62.1 Å². The predicted octanol–water partition coefficient (Wildman–Crippen LogP) is 4.37. The molecule has 2 aromatic rings. The lowest BCUT2D eigenvalue weighted by molar-refractivity contribution is -0.384. The third-order valence-electron chi connectivity index (χ3n) is 3.75. The highest BCUT2D eigenvalue weighted by Gasteiger charge is 2.13. The van der Waals surface area contributed by atoms with Gasteiger partial charge in [0, 0.05) is 16.6 Å². The van der Waals surface area contributed by atoms with E-state index in [0.29, 0.717) is 39.3 Å². The van der Waals surface area contributed by atoms with E-state index < -0.39 is 10.9 Å². The molecule has 29 heavy (non-hydrogen) atoms. The Hall–Kier alpha value is -3.38. The first-order valence-electron chi connectivity index (χ1n) is 8.42. The number of hydrogen-bond acceptors (Lipinski definition) is 7. The number of ether oxygens (including phenoxy) is 3. The monoisotopic (exact) mass is 460 g/mol. The van der Waals surface area contributed by atoms with Crippen LogP contribution in [0, 0.1) is 21.4 Å². The Morgan fingerprint density at radius 2 is 1.90 bits per heavy atom. The summed E-state index contributed by atoms with van der Waals surface area (Å²) in [7, 11) is 1.26.